The summed E-state index contributed by atoms with van der Waals surface area (Å²) in [5, 5.41) is 2.77. The molecule has 1 saturated heterocycles. The number of aryl methyl sites for hydroxylation is 1. The van der Waals surface area contributed by atoms with Gasteiger partial charge in [0.05, 0.1) is 11.8 Å². The second-order valence-corrected chi connectivity index (χ2v) is 9.30. The number of likely N-dealkylation sites (tertiary alicyclic amines) is 1. The summed E-state index contributed by atoms with van der Waals surface area (Å²) < 4.78 is 0. The van der Waals surface area contributed by atoms with Crippen molar-refractivity contribution in [2.75, 3.05) is 11.9 Å². The first-order valence-electron chi connectivity index (χ1n) is 8.38. The molecule has 0 unspecified atom stereocenters. The van der Waals surface area contributed by atoms with Crippen molar-refractivity contribution in [2.45, 2.75) is 23.0 Å². The predicted octanol–water partition coefficient (Wildman–Crippen LogP) is 2.71. The van der Waals surface area contributed by atoms with E-state index in [2.05, 4.69) is 37.2 Å². The van der Waals surface area contributed by atoms with Crippen LogP contribution in [0.3, 0.4) is 0 Å². The largest absolute Gasteiger partial charge is 0.325 e. The Hall–Kier alpha value is -1.21. The lowest BCUT2D eigenvalue weighted by molar-refractivity contribution is -0.143. The smallest absolute Gasteiger partial charge is 0.244 e. The number of imide groups is 1. The molecule has 0 radical (unpaired) electrons. The number of hydrogen-bond donors (Lipinski definition) is 1. The molecule has 1 N–H and O–H groups in total. The average molecular weight is 470 g/mol. The van der Waals surface area contributed by atoms with Gasteiger partial charge in [-0.05, 0) is 42.9 Å². The van der Waals surface area contributed by atoms with E-state index in [0.29, 0.717) is 5.69 Å². The van der Waals surface area contributed by atoms with Crippen LogP contribution in [0.15, 0.2) is 24.3 Å². The fourth-order valence-corrected chi connectivity index (χ4v) is 6.51. The highest BCUT2D eigenvalue weighted by Gasteiger charge is 2.66. The Kier molecular flexibility index (Phi) is 4.27. The van der Waals surface area contributed by atoms with Crippen LogP contribution in [0.25, 0.3) is 0 Å². The second kappa shape index (κ2) is 6.20. The number of anilines is 1. The van der Waals surface area contributed by atoms with Crippen LogP contribution in [0.2, 0.25) is 0 Å². The van der Waals surface area contributed by atoms with Crippen molar-refractivity contribution in [2.24, 2.45) is 23.7 Å². The molecule has 0 spiro atoms. The maximum atomic E-state index is 12.8. The van der Waals surface area contributed by atoms with Crippen LogP contribution in [0.4, 0.5) is 5.69 Å². The van der Waals surface area contributed by atoms with Crippen LogP contribution in [0.5, 0.6) is 0 Å². The molecule has 3 amide bonds. The molecular weight excluding hydrogens is 452 g/mol. The van der Waals surface area contributed by atoms with Gasteiger partial charge in [0, 0.05) is 15.3 Å². The Bertz CT molecular complexity index is 736. The molecular formula is C18H18Br2N2O3. The van der Waals surface area contributed by atoms with E-state index in [0.717, 1.165) is 16.9 Å². The minimum atomic E-state index is -0.342. The third kappa shape index (κ3) is 2.67. The Morgan fingerprint density at radius 3 is 2.32 bits per heavy atom. The van der Waals surface area contributed by atoms with Crippen molar-refractivity contribution < 1.29 is 14.4 Å². The van der Waals surface area contributed by atoms with E-state index in [1.54, 1.807) is 6.07 Å². The minimum absolute atomic E-state index is 0.167. The zero-order chi connectivity index (χ0) is 17.9. The Balaban J connectivity index is 1.48. The summed E-state index contributed by atoms with van der Waals surface area (Å²) in [6.07, 6.45) is 0.891. The van der Waals surface area contributed by atoms with Crippen molar-refractivity contribution in [1.82, 2.24) is 4.90 Å². The topological polar surface area (TPSA) is 66.5 Å². The molecule has 1 aromatic carbocycles. The SMILES string of the molecule is Cc1cccc(NC(=O)CN2C(=O)[C@@H]3[C@@H]4C[C@H]([C@H](Br)[C@@H]4Br)[C@@H]3C2=O)c1. The summed E-state index contributed by atoms with van der Waals surface area (Å²) in [4.78, 5) is 39.4. The fourth-order valence-electron chi connectivity index (χ4n) is 4.63. The molecule has 0 aromatic heterocycles. The lowest BCUT2D eigenvalue weighted by atomic mass is 9.81. The molecule has 1 aromatic rings. The molecule has 25 heavy (non-hydrogen) atoms. The van der Waals surface area contributed by atoms with Crippen LogP contribution in [0.1, 0.15) is 12.0 Å². The molecule has 3 aliphatic rings. The minimum Gasteiger partial charge on any atom is -0.325 e. The maximum Gasteiger partial charge on any atom is 0.244 e. The van der Waals surface area contributed by atoms with E-state index in [4.69, 9.17) is 0 Å². The predicted molar refractivity (Wildman–Crippen MR) is 101 cm³/mol. The van der Waals surface area contributed by atoms with E-state index in [9.17, 15) is 14.4 Å². The number of nitrogens with one attached hydrogen (secondary N) is 1. The van der Waals surface area contributed by atoms with Crippen LogP contribution in [0, 0.1) is 30.6 Å². The van der Waals surface area contributed by atoms with E-state index in [-0.39, 0.29) is 57.6 Å². The van der Waals surface area contributed by atoms with Crippen LogP contribution < -0.4 is 5.32 Å². The molecule has 2 saturated carbocycles. The van der Waals surface area contributed by atoms with Gasteiger partial charge in [0.25, 0.3) is 0 Å². The molecule has 3 fully saturated rings. The standard InChI is InChI=1S/C18H18Br2N2O3/c1-8-3-2-4-9(5-8)21-12(23)7-22-17(24)13-10-6-11(14(13)18(22)25)16(20)15(10)19/h2-5,10-11,13-16H,6-7H2,1H3,(H,21,23)/t10-,11-,13-,14+,15-,16+/m0/s1. The first-order chi connectivity index (χ1) is 11.9. The number of carbonyl (C=O) groups is 3. The van der Waals surface area contributed by atoms with Crippen molar-refractivity contribution in [3.8, 4) is 0 Å². The van der Waals surface area contributed by atoms with Gasteiger partial charge in [0.2, 0.25) is 17.7 Å². The monoisotopic (exact) mass is 468 g/mol. The Morgan fingerprint density at radius 1 is 1.16 bits per heavy atom. The number of alkyl halides is 2. The molecule has 2 aliphatic carbocycles. The number of carbonyl (C=O) groups excluding carboxylic acids is 3. The van der Waals surface area contributed by atoms with Gasteiger partial charge in [0.15, 0.2) is 0 Å². The van der Waals surface area contributed by atoms with Crippen LogP contribution in [-0.2, 0) is 14.4 Å². The quantitative estimate of drug-likeness (QED) is 0.546. The Morgan fingerprint density at radius 2 is 1.76 bits per heavy atom. The van der Waals surface area contributed by atoms with E-state index in [1.807, 2.05) is 25.1 Å². The lowest BCUT2D eigenvalue weighted by Gasteiger charge is -2.28. The number of nitrogens with zero attached hydrogens (tertiary/aromatic N) is 1. The van der Waals surface area contributed by atoms with Gasteiger partial charge in [-0.1, -0.05) is 44.0 Å². The zero-order valence-corrected chi connectivity index (χ0v) is 16.8. The van der Waals surface area contributed by atoms with Crippen LogP contribution >= 0.6 is 31.9 Å². The molecule has 2 bridgehead atoms. The van der Waals surface area contributed by atoms with Crippen molar-refractivity contribution in [3.05, 3.63) is 29.8 Å². The fraction of sp³-hybridized carbons (Fsp3) is 0.500. The van der Waals surface area contributed by atoms with Crippen molar-refractivity contribution in [1.29, 1.82) is 0 Å². The molecule has 4 rings (SSSR count). The average Bonchev–Trinajstić information content (AvgIpc) is 3.15. The van der Waals surface area contributed by atoms with Crippen LogP contribution in [-0.4, -0.2) is 38.8 Å². The van der Waals surface area contributed by atoms with Crippen molar-refractivity contribution in [3.63, 3.8) is 0 Å². The summed E-state index contributed by atoms with van der Waals surface area (Å²) in [5.74, 6) is -0.937. The highest BCUT2D eigenvalue weighted by molar-refractivity contribution is 9.12. The maximum absolute atomic E-state index is 12.8. The first kappa shape index (κ1) is 17.2. The molecule has 5 nitrogen and oxygen atoms in total. The molecule has 6 atom stereocenters. The summed E-state index contributed by atoms with van der Waals surface area (Å²) in [7, 11) is 0. The number of rotatable bonds is 3. The lowest BCUT2D eigenvalue weighted by Crippen LogP contribution is -2.39. The summed E-state index contributed by atoms with van der Waals surface area (Å²) >= 11 is 7.32. The third-order valence-corrected chi connectivity index (χ3v) is 8.89. The highest BCUT2D eigenvalue weighted by Crippen LogP contribution is 2.60. The van der Waals surface area contributed by atoms with Gasteiger partial charge in [-0.25, -0.2) is 0 Å². The first-order valence-corrected chi connectivity index (χ1v) is 10.2. The number of benzene rings is 1. The van der Waals surface area contributed by atoms with E-state index < -0.39 is 0 Å². The Labute approximate surface area is 162 Å². The normalized spacial score (nSPS) is 36.0. The number of halogens is 2. The van der Waals surface area contributed by atoms with Gasteiger partial charge >= 0.3 is 0 Å². The van der Waals surface area contributed by atoms with Gasteiger partial charge in [-0.3, -0.25) is 19.3 Å². The summed E-state index contributed by atoms with van der Waals surface area (Å²) in [5.41, 5.74) is 1.70. The van der Waals surface area contributed by atoms with Crippen molar-refractivity contribution >= 4 is 55.3 Å². The van der Waals surface area contributed by atoms with Gasteiger partial charge in [-0.2, -0.15) is 0 Å². The third-order valence-electron chi connectivity index (χ3n) is 5.68. The highest BCUT2D eigenvalue weighted by atomic mass is 79.9. The van der Waals surface area contributed by atoms with Gasteiger partial charge in [-0.15, -0.1) is 0 Å². The molecule has 1 heterocycles. The second-order valence-electron chi connectivity index (χ2n) is 7.18. The van der Waals surface area contributed by atoms with Gasteiger partial charge in [0.1, 0.15) is 6.54 Å². The zero-order valence-electron chi connectivity index (χ0n) is 13.6. The van der Waals surface area contributed by atoms with Gasteiger partial charge < -0.3 is 5.32 Å². The summed E-state index contributed by atoms with van der Waals surface area (Å²) in [6.45, 7) is 1.73. The van der Waals surface area contributed by atoms with E-state index in [1.165, 1.54) is 0 Å². The summed E-state index contributed by atoms with van der Waals surface area (Å²) in [6, 6.07) is 7.43. The number of fused-ring (bicyclic) bond motifs is 5. The molecule has 7 heteroatoms. The number of amides is 3. The molecule has 132 valence electrons. The molecule has 1 aliphatic heterocycles. The van der Waals surface area contributed by atoms with E-state index >= 15 is 0 Å². The number of hydrogen-bond acceptors (Lipinski definition) is 3.